The lowest BCUT2D eigenvalue weighted by Gasteiger charge is -2.05. The first-order valence-corrected chi connectivity index (χ1v) is 11.6. The van der Waals surface area contributed by atoms with Gasteiger partial charge in [-0.15, -0.1) is 10.2 Å². The molecule has 0 unspecified atom stereocenters. The average Bonchev–Trinajstić information content (AvgIpc) is 2.95. The molecule has 0 saturated heterocycles. The molecule has 11 nitrogen and oxygen atoms in total. The number of azo groups is 1. The number of halogens is 1. The van der Waals surface area contributed by atoms with Crippen molar-refractivity contribution in [2.45, 2.75) is 23.6 Å². The predicted octanol–water partition coefficient (Wildman–Crippen LogP) is 3.76. The zero-order chi connectivity index (χ0) is 23.1. The van der Waals surface area contributed by atoms with Crippen molar-refractivity contribution in [3.8, 4) is 11.6 Å². The minimum atomic E-state index is -4.63. The Hall–Kier alpha value is -2.84. The fraction of sp³-hybridized carbons (Fsp3) is 0.118. The summed E-state index contributed by atoms with van der Waals surface area (Å²) in [6.45, 7) is 3.02. The number of aromatic hydroxyl groups is 1. The van der Waals surface area contributed by atoms with Gasteiger partial charge in [-0.1, -0.05) is 17.7 Å². The molecule has 0 amide bonds. The van der Waals surface area contributed by atoms with Gasteiger partial charge < -0.3 is 5.11 Å². The smallest absolute Gasteiger partial charge is 0.296 e. The summed E-state index contributed by atoms with van der Waals surface area (Å²) in [5, 5.41) is 22.4. The highest BCUT2D eigenvalue weighted by atomic mass is 35.5. The summed E-state index contributed by atoms with van der Waals surface area (Å²) in [6.07, 6.45) is 0. The summed E-state index contributed by atoms with van der Waals surface area (Å²) >= 11 is 6.00. The predicted molar refractivity (Wildman–Crippen MR) is 110 cm³/mol. The molecular formula is C17H15ClN4O7S2. The summed E-state index contributed by atoms with van der Waals surface area (Å²) < 4.78 is 65.6. The van der Waals surface area contributed by atoms with E-state index in [4.69, 9.17) is 11.6 Å². The van der Waals surface area contributed by atoms with Crippen molar-refractivity contribution < 1.29 is 31.0 Å². The van der Waals surface area contributed by atoms with Crippen molar-refractivity contribution in [2.24, 2.45) is 10.2 Å². The lowest BCUT2D eigenvalue weighted by atomic mass is 10.2. The molecule has 1 aromatic heterocycles. The first kappa shape index (κ1) is 22.8. The van der Waals surface area contributed by atoms with E-state index in [1.165, 1.54) is 25.1 Å². The Labute approximate surface area is 182 Å². The monoisotopic (exact) mass is 486 g/mol. The second-order valence-corrected chi connectivity index (χ2v) is 9.60. The number of benzene rings is 2. The zero-order valence-corrected chi connectivity index (χ0v) is 18.3. The molecule has 3 N–H and O–H groups in total. The number of hydrogen-bond acceptors (Lipinski definition) is 8. The molecule has 164 valence electrons. The maximum Gasteiger partial charge on any atom is 0.296 e. The number of hydrogen-bond donors (Lipinski definition) is 3. The van der Waals surface area contributed by atoms with Crippen LogP contribution in [-0.4, -0.2) is 40.8 Å². The van der Waals surface area contributed by atoms with Crippen LogP contribution in [-0.2, 0) is 20.2 Å². The van der Waals surface area contributed by atoms with Crippen LogP contribution in [0.25, 0.3) is 5.69 Å². The van der Waals surface area contributed by atoms with E-state index in [1.54, 1.807) is 6.92 Å². The topological polar surface area (TPSA) is 172 Å². The van der Waals surface area contributed by atoms with E-state index in [1.807, 2.05) is 0 Å². The van der Waals surface area contributed by atoms with E-state index in [9.17, 15) is 31.0 Å². The Morgan fingerprint density at radius 1 is 1.00 bits per heavy atom. The first-order valence-electron chi connectivity index (χ1n) is 8.35. The highest BCUT2D eigenvalue weighted by Gasteiger charge is 2.20. The van der Waals surface area contributed by atoms with E-state index < -0.39 is 35.9 Å². The first-order chi connectivity index (χ1) is 14.3. The van der Waals surface area contributed by atoms with Gasteiger partial charge in [-0.3, -0.25) is 9.11 Å². The number of aryl methyl sites for hydroxylation is 2. The van der Waals surface area contributed by atoms with Crippen LogP contribution in [0.15, 0.2) is 56.4 Å². The van der Waals surface area contributed by atoms with Crippen molar-refractivity contribution >= 4 is 43.2 Å². The van der Waals surface area contributed by atoms with Crippen molar-refractivity contribution in [1.82, 2.24) is 9.78 Å². The zero-order valence-electron chi connectivity index (χ0n) is 15.9. The van der Waals surface area contributed by atoms with Gasteiger partial charge in [-0.05, 0) is 49.7 Å². The van der Waals surface area contributed by atoms with E-state index in [0.29, 0.717) is 5.56 Å². The molecule has 0 aliphatic carbocycles. The molecule has 0 atom stereocenters. The fourth-order valence-corrected chi connectivity index (χ4v) is 3.98. The highest BCUT2D eigenvalue weighted by molar-refractivity contribution is 7.86. The second-order valence-electron chi connectivity index (χ2n) is 6.39. The molecule has 0 fully saturated rings. The van der Waals surface area contributed by atoms with Crippen LogP contribution in [0.3, 0.4) is 0 Å². The maximum absolute atomic E-state index is 11.6. The van der Waals surface area contributed by atoms with Gasteiger partial charge in [0.1, 0.15) is 10.6 Å². The van der Waals surface area contributed by atoms with Crippen LogP contribution >= 0.6 is 11.6 Å². The maximum atomic E-state index is 11.6. The molecule has 14 heteroatoms. The van der Waals surface area contributed by atoms with Crippen LogP contribution in [0.2, 0.25) is 5.02 Å². The summed E-state index contributed by atoms with van der Waals surface area (Å²) in [6, 6.07) is 7.32. The lowest BCUT2D eigenvalue weighted by molar-refractivity contribution is 0.434. The Bertz CT molecular complexity index is 1430. The van der Waals surface area contributed by atoms with Crippen molar-refractivity contribution in [2.75, 3.05) is 0 Å². The third kappa shape index (κ3) is 4.75. The van der Waals surface area contributed by atoms with Crippen LogP contribution in [0.1, 0.15) is 11.3 Å². The Morgan fingerprint density at radius 3 is 2.29 bits per heavy atom. The summed E-state index contributed by atoms with van der Waals surface area (Å²) in [5.74, 6) is -0.527. The molecule has 3 rings (SSSR count). The standard InChI is InChI=1S/C17H15ClN4O7S2/c1-9-6-15(31(27,28)29)14(8-13(9)18)19-20-16-10(2)21-22(17(16)23)11-4-3-5-12(7-11)30(24,25)26/h3-8,23H,1-2H3,(H,24,25,26)(H,27,28,29). The van der Waals surface area contributed by atoms with Crippen LogP contribution in [0, 0.1) is 13.8 Å². The minimum Gasteiger partial charge on any atom is -0.492 e. The molecule has 1 heterocycles. The van der Waals surface area contributed by atoms with E-state index in [-0.39, 0.29) is 27.8 Å². The van der Waals surface area contributed by atoms with E-state index in [0.717, 1.165) is 22.9 Å². The van der Waals surface area contributed by atoms with Crippen LogP contribution in [0.4, 0.5) is 11.4 Å². The molecular weight excluding hydrogens is 472 g/mol. The normalized spacial score (nSPS) is 12.5. The highest BCUT2D eigenvalue weighted by Crippen LogP contribution is 2.36. The molecule has 0 aliphatic heterocycles. The van der Waals surface area contributed by atoms with Crippen LogP contribution in [0.5, 0.6) is 5.88 Å². The average molecular weight is 487 g/mol. The molecule has 2 aromatic carbocycles. The lowest BCUT2D eigenvalue weighted by Crippen LogP contribution is -2.01. The van der Waals surface area contributed by atoms with Gasteiger partial charge in [-0.2, -0.15) is 26.6 Å². The van der Waals surface area contributed by atoms with Gasteiger partial charge in [-0.25, -0.2) is 0 Å². The molecule has 0 saturated carbocycles. The quantitative estimate of drug-likeness (QED) is 0.361. The third-order valence-electron chi connectivity index (χ3n) is 4.14. The van der Waals surface area contributed by atoms with Gasteiger partial charge in [0, 0.05) is 5.02 Å². The summed E-state index contributed by atoms with van der Waals surface area (Å²) in [4.78, 5) is -0.934. The van der Waals surface area contributed by atoms with Gasteiger partial charge in [0.05, 0.1) is 16.3 Å². The van der Waals surface area contributed by atoms with Crippen molar-refractivity contribution in [3.63, 3.8) is 0 Å². The molecule has 0 spiro atoms. The number of aromatic nitrogens is 2. The van der Waals surface area contributed by atoms with Crippen LogP contribution < -0.4 is 0 Å². The minimum absolute atomic E-state index is 0.106. The van der Waals surface area contributed by atoms with Gasteiger partial charge in [0.15, 0.2) is 5.69 Å². The van der Waals surface area contributed by atoms with Gasteiger partial charge in [0.25, 0.3) is 20.2 Å². The molecule has 0 aliphatic rings. The van der Waals surface area contributed by atoms with Crippen molar-refractivity contribution in [3.05, 3.63) is 52.7 Å². The van der Waals surface area contributed by atoms with E-state index >= 15 is 0 Å². The van der Waals surface area contributed by atoms with Crippen molar-refractivity contribution in [1.29, 1.82) is 0 Å². The van der Waals surface area contributed by atoms with Gasteiger partial charge in [0.2, 0.25) is 5.88 Å². The Morgan fingerprint density at radius 2 is 1.68 bits per heavy atom. The second kappa shape index (κ2) is 8.01. The third-order valence-corrected chi connectivity index (χ3v) is 6.28. The van der Waals surface area contributed by atoms with Gasteiger partial charge >= 0.3 is 0 Å². The number of nitrogens with zero attached hydrogens (tertiary/aromatic N) is 4. The summed E-state index contributed by atoms with van der Waals surface area (Å²) in [5.41, 5.74) is 0.256. The Balaban J connectivity index is 2.10. The molecule has 0 bridgehead atoms. The Kier molecular flexibility index (Phi) is 5.90. The molecule has 31 heavy (non-hydrogen) atoms. The molecule has 3 aromatic rings. The number of rotatable bonds is 5. The molecule has 0 radical (unpaired) electrons. The fourth-order valence-electron chi connectivity index (χ4n) is 2.61. The van der Waals surface area contributed by atoms with E-state index in [2.05, 4.69) is 15.3 Å². The SMILES string of the molecule is Cc1cc(S(=O)(=O)O)c(N=Nc2c(C)nn(-c3cccc(S(=O)(=O)O)c3)c2O)cc1Cl. The summed E-state index contributed by atoms with van der Waals surface area (Å²) in [7, 11) is -9.11. The largest absolute Gasteiger partial charge is 0.492 e.